The van der Waals surface area contributed by atoms with Gasteiger partial charge < -0.3 is 10.0 Å². The zero-order chi connectivity index (χ0) is 17.7. The Balaban J connectivity index is 1.53. The van der Waals surface area contributed by atoms with Crippen molar-refractivity contribution >= 4 is 10.0 Å². The molecule has 0 aromatic heterocycles. The molecule has 1 atom stereocenters. The molecule has 1 fully saturated rings. The van der Waals surface area contributed by atoms with Gasteiger partial charge in [0.25, 0.3) is 0 Å². The van der Waals surface area contributed by atoms with E-state index in [1.165, 1.54) is 4.90 Å². The molecule has 1 heterocycles. The van der Waals surface area contributed by atoms with Gasteiger partial charge in [0, 0.05) is 0 Å². The van der Waals surface area contributed by atoms with E-state index in [4.69, 9.17) is 0 Å². The fourth-order valence-corrected chi connectivity index (χ4v) is 4.76. The molecule has 25 heavy (non-hydrogen) atoms. The minimum absolute atomic E-state index is 0.0514. The average Bonchev–Trinajstić information content (AvgIpc) is 2.63. The first-order valence-electron chi connectivity index (χ1n) is 8.63. The third-order valence-corrected chi connectivity index (χ3v) is 6.53. The summed E-state index contributed by atoms with van der Waals surface area (Å²) in [6.45, 7) is 3.06. The van der Waals surface area contributed by atoms with Crippen LogP contribution in [0.1, 0.15) is 17.2 Å². The van der Waals surface area contributed by atoms with Crippen LogP contribution < -0.4 is 4.90 Å². The molecule has 0 spiro atoms. The fourth-order valence-electron chi connectivity index (χ4n) is 3.23. The van der Waals surface area contributed by atoms with Crippen molar-refractivity contribution in [3.63, 3.8) is 0 Å². The highest BCUT2D eigenvalue weighted by atomic mass is 32.2. The maximum Gasteiger partial charge on any atom is 0.218 e. The Morgan fingerprint density at radius 2 is 1.52 bits per heavy atom. The number of hydrogen-bond donors (Lipinski definition) is 2. The Morgan fingerprint density at radius 1 is 0.960 bits per heavy atom. The lowest BCUT2D eigenvalue weighted by Crippen LogP contribution is -3.15. The number of benzene rings is 2. The molecule has 6 heteroatoms. The van der Waals surface area contributed by atoms with Crippen LogP contribution in [-0.2, 0) is 15.8 Å². The van der Waals surface area contributed by atoms with Gasteiger partial charge in [0.05, 0.1) is 31.9 Å². The van der Waals surface area contributed by atoms with Gasteiger partial charge in [-0.05, 0) is 11.1 Å². The maximum atomic E-state index is 12.6. The van der Waals surface area contributed by atoms with Crippen molar-refractivity contribution in [1.82, 2.24) is 4.31 Å². The first-order chi connectivity index (χ1) is 12.0. The number of nitrogens with one attached hydrogen (secondary N) is 1. The highest BCUT2D eigenvalue weighted by Gasteiger charge is 2.30. The van der Waals surface area contributed by atoms with Gasteiger partial charge >= 0.3 is 0 Å². The molecule has 0 amide bonds. The molecule has 1 saturated heterocycles. The van der Waals surface area contributed by atoms with Gasteiger partial charge in [-0.15, -0.1) is 0 Å². The predicted octanol–water partition coefficient (Wildman–Crippen LogP) is 0.451. The second-order valence-corrected chi connectivity index (χ2v) is 8.49. The number of quaternary nitrogens is 1. The number of rotatable bonds is 6. The molecular weight excluding hydrogens is 336 g/mol. The number of piperazine rings is 1. The quantitative estimate of drug-likeness (QED) is 0.785. The van der Waals surface area contributed by atoms with Gasteiger partial charge in [0.15, 0.2) is 0 Å². The van der Waals surface area contributed by atoms with Gasteiger partial charge in [0.2, 0.25) is 10.0 Å². The first kappa shape index (κ1) is 18.1. The third kappa shape index (κ3) is 4.89. The largest absolute Gasteiger partial charge is 0.382 e. The molecular formula is C19H25N2O3S+. The Kier molecular flexibility index (Phi) is 5.86. The van der Waals surface area contributed by atoms with E-state index >= 15 is 0 Å². The summed E-state index contributed by atoms with van der Waals surface area (Å²) in [5.74, 6) is 0.0514. The molecule has 0 unspecified atom stereocenters. The van der Waals surface area contributed by atoms with Gasteiger partial charge in [-0.25, -0.2) is 8.42 Å². The minimum Gasteiger partial charge on any atom is -0.382 e. The molecule has 0 saturated carbocycles. The highest BCUT2D eigenvalue weighted by molar-refractivity contribution is 7.88. The van der Waals surface area contributed by atoms with Gasteiger partial charge in [-0.2, -0.15) is 4.31 Å². The lowest BCUT2D eigenvalue weighted by Gasteiger charge is -2.32. The third-order valence-electron chi connectivity index (χ3n) is 4.68. The van der Waals surface area contributed by atoms with Crippen molar-refractivity contribution in [2.75, 3.05) is 32.7 Å². The summed E-state index contributed by atoms with van der Waals surface area (Å²) in [6.07, 6.45) is -0.510. The molecule has 0 aliphatic carbocycles. The van der Waals surface area contributed by atoms with Crippen molar-refractivity contribution < 1.29 is 18.4 Å². The van der Waals surface area contributed by atoms with Crippen molar-refractivity contribution in [3.8, 4) is 0 Å². The maximum absolute atomic E-state index is 12.6. The molecule has 1 aliphatic rings. The Morgan fingerprint density at radius 3 is 2.12 bits per heavy atom. The normalized spacial score (nSPS) is 18.1. The van der Waals surface area contributed by atoms with Crippen LogP contribution in [0.2, 0.25) is 0 Å². The zero-order valence-corrected chi connectivity index (χ0v) is 15.0. The van der Waals surface area contributed by atoms with E-state index in [1.54, 1.807) is 4.31 Å². The molecule has 2 aromatic carbocycles. The summed E-state index contributed by atoms with van der Waals surface area (Å²) in [7, 11) is -3.28. The van der Waals surface area contributed by atoms with E-state index in [0.717, 1.165) is 24.2 Å². The fraction of sp³-hybridized carbons (Fsp3) is 0.368. The second kappa shape index (κ2) is 8.10. The summed E-state index contributed by atoms with van der Waals surface area (Å²) in [5, 5.41) is 10.3. The van der Waals surface area contributed by atoms with Gasteiger partial charge in [0.1, 0.15) is 12.6 Å². The standard InChI is InChI=1S/C19H24N2O3S/c22-19(18-9-5-2-6-10-18)15-20-11-13-21(14-12-20)25(23,24)16-17-7-3-1-4-8-17/h1-10,19,22H,11-16H2/p+1/t19-/m0/s1. The second-order valence-electron chi connectivity index (χ2n) is 6.52. The van der Waals surface area contributed by atoms with Crippen LogP contribution in [0.5, 0.6) is 0 Å². The summed E-state index contributed by atoms with van der Waals surface area (Å²) in [5.41, 5.74) is 1.73. The molecule has 0 radical (unpaired) electrons. The number of nitrogens with zero attached hydrogens (tertiary/aromatic N) is 1. The van der Waals surface area contributed by atoms with E-state index in [0.29, 0.717) is 19.6 Å². The smallest absolute Gasteiger partial charge is 0.218 e. The monoisotopic (exact) mass is 361 g/mol. The molecule has 0 bridgehead atoms. The van der Waals surface area contributed by atoms with Gasteiger partial charge in [-0.1, -0.05) is 60.7 Å². The van der Waals surface area contributed by atoms with E-state index in [2.05, 4.69) is 0 Å². The predicted molar refractivity (Wildman–Crippen MR) is 97.6 cm³/mol. The summed E-state index contributed by atoms with van der Waals surface area (Å²) >= 11 is 0. The Bertz CT molecular complexity index is 758. The number of sulfonamides is 1. The Labute approximate surface area is 149 Å². The molecule has 134 valence electrons. The van der Waals surface area contributed by atoms with E-state index in [-0.39, 0.29) is 5.75 Å². The zero-order valence-electron chi connectivity index (χ0n) is 14.2. The van der Waals surface area contributed by atoms with Crippen LogP contribution in [0.25, 0.3) is 0 Å². The molecule has 1 aliphatic heterocycles. The highest BCUT2D eigenvalue weighted by Crippen LogP contribution is 2.12. The van der Waals surface area contributed by atoms with Crippen LogP contribution in [0.4, 0.5) is 0 Å². The van der Waals surface area contributed by atoms with E-state index in [1.807, 2.05) is 60.7 Å². The number of aliphatic hydroxyl groups is 1. The van der Waals surface area contributed by atoms with E-state index < -0.39 is 16.1 Å². The van der Waals surface area contributed by atoms with Gasteiger partial charge in [-0.3, -0.25) is 0 Å². The topological polar surface area (TPSA) is 62.0 Å². The molecule has 3 rings (SSSR count). The average molecular weight is 361 g/mol. The van der Waals surface area contributed by atoms with Crippen LogP contribution in [0.3, 0.4) is 0 Å². The summed E-state index contributed by atoms with van der Waals surface area (Å²) < 4.78 is 26.7. The minimum atomic E-state index is -3.28. The number of aliphatic hydroxyl groups excluding tert-OH is 1. The summed E-state index contributed by atoms with van der Waals surface area (Å²) in [4.78, 5) is 1.24. The molecule has 2 aromatic rings. The van der Waals surface area contributed by atoms with Crippen molar-refractivity contribution in [1.29, 1.82) is 0 Å². The van der Waals surface area contributed by atoms with Crippen molar-refractivity contribution in [2.45, 2.75) is 11.9 Å². The lowest BCUT2D eigenvalue weighted by molar-refractivity contribution is -0.907. The first-order valence-corrected chi connectivity index (χ1v) is 10.2. The summed E-state index contributed by atoms with van der Waals surface area (Å²) in [6, 6.07) is 18.9. The molecule has 5 nitrogen and oxygen atoms in total. The van der Waals surface area contributed by atoms with Crippen molar-refractivity contribution in [2.24, 2.45) is 0 Å². The van der Waals surface area contributed by atoms with Crippen LogP contribution in [-0.4, -0.2) is 50.6 Å². The Hall–Kier alpha value is -1.73. The van der Waals surface area contributed by atoms with E-state index in [9.17, 15) is 13.5 Å². The SMILES string of the molecule is O=S(=O)(Cc1ccccc1)N1CC[NH+](C[C@H](O)c2ccccc2)CC1. The molecule has 2 N–H and O–H groups in total. The van der Waals surface area contributed by atoms with Crippen molar-refractivity contribution in [3.05, 3.63) is 71.8 Å². The van der Waals surface area contributed by atoms with Crippen LogP contribution >= 0.6 is 0 Å². The van der Waals surface area contributed by atoms with Crippen LogP contribution in [0.15, 0.2) is 60.7 Å². The number of hydrogen-bond acceptors (Lipinski definition) is 3. The van der Waals surface area contributed by atoms with Crippen LogP contribution in [0, 0.1) is 0 Å². The lowest BCUT2D eigenvalue weighted by atomic mass is 10.1.